The Morgan fingerprint density at radius 3 is 2.83 bits per heavy atom. The highest BCUT2D eigenvalue weighted by atomic mass is 79.9. The third kappa shape index (κ3) is 6.07. The van der Waals surface area contributed by atoms with Gasteiger partial charge in [-0.25, -0.2) is 9.37 Å². The van der Waals surface area contributed by atoms with Crippen molar-refractivity contribution in [2.45, 2.75) is 19.0 Å². The van der Waals surface area contributed by atoms with Crippen LogP contribution < -0.4 is 10.5 Å². The zero-order valence-corrected chi connectivity index (χ0v) is 17.7. The monoisotopic (exact) mass is 506 g/mol. The van der Waals surface area contributed by atoms with Crippen LogP contribution in [0.2, 0.25) is 5.02 Å². The lowest BCUT2D eigenvalue weighted by atomic mass is 10.2. The summed E-state index contributed by atoms with van der Waals surface area (Å²) in [7, 11) is 0. The van der Waals surface area contributed by atoms with Crippen LogP contribution in [-0.2, 0) is 11.3 Å². The van der Waals surface area contributed by atoms with Gasteiger partial charge in [-0.05, 0) is 45.4 Å². The van der Waals surface area contributed by atoms with E-state index in [0.717, 1.165) is 6.07 Å². The number of carboxylic acids is 1. The molecule has 0 fully saturated rings. The Balaban J connectivity index is 0.00000300. The van der Waals surface area contributed by atoms with Gasteiger partial charge >= 0.3 is 5.97 Å². The first kappa shape index (κ1) is 22.9. The largest absolute Gasteiger partial charge is 0.481 e. The van der Waals surface area contributed by atoms with Crippen LogP contribution in [0.3, 0.4) is 0 Å². The molecular formula is C16H14BrCl2FN6O3. The molecule has 0 aliphatic heterocycles. The van der Waals surface area contributed by atoms with E-state index in [1.54, 1.807) is 18.2 Å². The minimum Gasteiger partial charge on any atom is -0.481 e. The second-order valence-electron chi connectivity index (χ2n) is 5.71. The van der Waals surface area contributed by atoms with Crippen molar-refractivity contribution >= 4 is 45.9 Å². The van der Waals surface area contributed by atoms with Gasteiger partial charge < -0.3 is 15.6 Å². The topological polar surface area (TPSA) is 129 Å². The van der Waals surface area contributed by atoms with Crippen LogP contribution in [0.25, 0.3) is 11.4 Å². The van der Waals surface area contributed by atoms with Crippen molar-refractivity contribution in [1.82, 2.24) is 25.2 Å². The second-order valence-corrected chi connectivity index (χ2v) is 7.00. The molecule has 0 saturated carbocycles. The zero-order chi connectivity index (χ0) is 20.3. The van der Waals surface area contributed by atoms with E-state index in [2.05, 4.69) is 36.3 Å². The van der Waals surface area contributed by atoms with Crippen LogP contribution in [0.4, 0.5) is 4.39 Å². The number of nitrogens with two attached hydrogens (primary N) is 1. The Bertz CT molecular complexity index is 1020. The maximum absolute atomic E-state index is 13.8. The number of tetrazole rings is 1. The Hall–Kier alpha value is -2.34. The predicted molar refractivity (Wildman–Crippen MR) is 108 cm³/mol. The molecule has 13 heteroatoms. The quantitative estimate of drug-likeness (QED) is 0.498. The highest BCUT2D eigenvalue weighted by Gasteiger charge is 2.15. The van der Waals surface area contributed by atoms with E-state index >= 15 is 0 Å². The number of hydrogen-bond acceptors (Lipinski definition) is 7. The van der Waals surface area contributed by atoms with Crippen molar-refractivity contribution in [2.75, 3.05) is 0 Å². The number of ether oxygens (including phenoxy) is 1. The molecule has 154 valence electrons. The van der Waals surface area contributed by atoms with Gasteiger partial charge in [0.05, 0.1) is 18.0 Å². The molecule has 9 nitrogen and oxygen atoms in total. The summed E-state index contributed by atoms with van der Waals surface area (Å²) >= 11 is 9.05. The summed E-state index contributed by atoms with van der Waals surface area (Å²) in [5, 5.41) is 20.9. The Morgan fingerprint density at radius 2 is 2.17 bits per heavy atom. The van der Waals surface area contributed by atoms with Crippen molar-refractivity contribution < 1.29 is 19.0 Å². The van der Waals surface area contributed by atoms with Crippen LogP contribution in [0.1, 0.15) is 6.42 Å². The smallest absolute Gasteiger partial charge is 0.304 e. The Morgan fingerprint density at radius 1 is 1.41 bits per heavy atom. The highest BCUT2D eigenvalue weighted by molar-refractivity contribution is 9.10. The van der Waals surface area contributed by atoms with E-state index < -0.39 is 17.8 Å². The van der Waals surface area contributed by atoms with Gasteiger partial charge in [0.1, 0.15) is 5.75 Å². The van der Waals surface area contributed by atoms with Gasteiger partial charge in [0.25, 0.3) is 5.88 Å². The summed E-state index contributed by atoms with van der Waals surface area (Å²) in [5.41, 5.74) is 6.33. The van der Waals surface area contributed by atoms with Gasteiger partial charge in [-0.15, -0.1) is 22.6 Å². The third-order valence-electron chi connectivity index (χ3n) is 3.46. The van der Waals surface area contributed by atoms with Crippen molar-refractivity contribution in [3.8, 4) is 23.0 Å². The molecule has 29 heavy (non-hydrogen) atoms. The molecule has 1 atom stereocenters. The molecule has 0 saturated heterocycles. The van der Waals surface area contributed by atoms with E-state index in [-0.39, 0.29) is 36.3 Å². The van der Waals surface area contributed by atoms with Gasteiger partial charge in [-0.1, -0.05) is 11.6 Å². The molecule has 0 unspecified atom stereocenters. The van der Waals surface area contributed by atoms with Crippen molar-refractivity contribution in [3.63, 3.8) is 0 Å². The maximum atomic E-state index is 13.8. The molecule has 0 aliphatic rings. The molecular weight excluding hydrogens is 494 g/mol. The number of hydrogen-bond donors (Lipinski definition) is 2. The highest BCUT2D eigenvalue weighted by Crippen LogP contribution is 2.32. The fraction of sp³-hybridized carbons (Fsp3) is 0.188. The lowest BCUT2D eigenvalue weighted by Gasteiger charge is -2.08. The molecule has 3 aromatic rings. The minimum absolute atomic E-state index is 0. The standard InChI is InChI=1S/C16H13BrClFN6O3.ClH/c17-12-5-10(28-16-13(19)3-8(18)6-21-16)1-2-11(12)15-22-24-25(23-15)7-9(20)4-14(26)27;/h1-3,5-6,9H,4,7,20H2,(H,26,27);1H/t9-;/m0./s1. The van der Waals surface area contributed by atoms with Gasteiger partial charge in [0.2, 0.25) is 5.82 Å². The van der Waals surface area contributed by atoms with Gasteiger partial charge in [-0.3, -0.25) is 4.79 Å². The van der Waals surface area contributed by atoms with Gasteiger partial charge in [-0.2, -0.15) is 4.80 Å². The van der Waals surface area contributed by atoms with E-state index in [1.165, 1.54) is 11.0 Å². The summed E-state index contributed by atoms with van der Waals surface area (Å²) in [6.07, 6.45) is 1.07. The Kier molecular flexibility index (Phi) is 7.85. The lowest BCUT2D eigenvalue weighted by Crippen LogP contribution is -2.30. The molecule has 0 aliphatic carbocycles. The fourth-order valence-electron chi connectivity index (χ4n) is 2.26. The molecule has 0 amide bonds. The number of nitrogens with zero attached hydrogens (tertiary/aromatic N) is 5. The molecule has 2 aromatic heterocycles. The Labute approximate surface area is 183 Å². The first-order valence-corrected chi connectivity index (χ1v) is 9.03. The minimum atomic E-state index is -1.00. The first-order chi connectivity index (χ1) is 13.3. The summed E-state index contributed by atoms with van der Waals surface area (Å²) < 4.78 is 19.8. The average molecular weight is 508 g/mol. The zero-order valence-electron chi connectivity index (χ0n) is 14.5. The van der Waals surface area contributed by atoms with E-state index in [9.17, 15) is 9.18 Å². The molecule has 0 bridgehead atoms. The molecule has 1 aromatic carbocycles. The number of halogens is 4. The molecule has 2 heterocycles. The number of rotatable bonds is 7. The summed E-state index contributed by atoms with van der Waals surface area (Å²) in [6.45, 7) is 0.111. The number of aliphatic carboxylic acids is 1. The number of aromatic nitrogens is 5. The lowest BCUT2D eigenvalue weighted by molar-refractivity contribution is -0.137. The van der Waals surface area contributed by atoms with Crippen molar-refractivity contribution in [1.29, 1.82) is 0 Å². The molecule has 0 radical (unpaired) electrons. The molecule has 3 rings (SSSR count). The van der Waals surface area contributed by atoms with E-state index in [4.69, 9.17) is 27.2 Å². The third-order valence-corrected chi connectivity index (χ3v) is 4.32. The summed E-state index contributed by atoms with van der Waals surface area (Å²) in [6, 6.07) is 5.31. The number of carbonyl (C=O) groups is 1. The van der Waals surface area contributed by atoms with Crippen molar-refractivity contribution in [2.24, 2.45) is 5.73 Å². The van der Waals surface area contributed by atoms with Crippen LogP contribution in [0, 0.1) is 5.82 Å². The van der Waals surface area contributed by atoms with E-state index in [0.29, 0.717) is 21.6 Å². The van der Waals surface area contributed by atoms with Crippen LogP contribution in [0.5, 0.6) is 11.6 Å². The van der Waals surface area contributed by atoms with Gasteiger partial charge in [0, 0.05) is 22.3 Å². The maximum Gasteiger partial charge on any atom is 0.304 e. The average Bonchev–Trinajstić information content (AvgIpc) is 3.04. The van der Waals surface area contributed by atoms with Gasteiger partial charge in [0.15, 0.2) is 5.82 Å². The van der Waals surface area contributed by atoms with Crippen LogP contribution in [-0.4, -0.2) is 42.3 Å². The number of carboxylic acid groups (broad SMARTS) is 1. The summed E-state index contributed by atoms with van der Waals surface area (Å²) in [5.74, 6) is -1.26. The number of benzene rings is 1. The number of pyridine rings is 1. The molecule has 3 N–H and O–H groups in total. The van der Waals surface area contributed by atoms with E-state index in [1.807, 2.05) is 0 Å². The SMILES string of the molecule is Cl.N[C@@H](CC(=O)O)Cn1nnc(-c2ccc(Oc3ncc(Cl)cc3F)cc2Br)n1. The normalized spacial score (nSPS) is 11.6. The predicted octanol–water partition coefficient (Wildman–Crippen LogP) is 3.31. The first-order valence-electron chi connectivity index (χ1n) is 7.86. The van der Waals surface area contributed by atoms with Crippen molar-refractivity contribution in [3.05, 3.63) is 45.8 Å². The van der Waals surface area contributed by atoms with Crippen LogP contribution in [0.15, 0.2) is 34.9 Å². The molecule has 0 spiro atoms. The fourth-order valence-corrected chi connectivity index (χ4v) is 2.94. The summed E-state index contributed by atoms with van der Waals surface area (Å²) in [4.78, 5) is 15.7. The van der Waals surface area contributed by atoms with Crippen LogP contribution >= 0.6 is 39.9 Å². The second kappa shape index (κ2) is 9.92.